The summed E-state index contributed by atoms with van der Waals surface area (Å²) in [7, 11) is 0. The lowest BCUT2D eigenvalue weighted by molar-refractivity contribution is -0.147. The molecule has 0 aliphatic heterocycles. The maximum absolute atomic E-state index is 12.8. The fourth-order valence-electron chi connectivity index (χ4n) is 2.54. The summed E-state index contributed by atoms with van der Waals surface area (Å²) in [6.07, 6.45) is 1.82. The topological polar surface area (TPSA) is 252 Å². The fourth-order valence-corrected chi connectivity index (χ4v) is 3.29. The van der Waals surface area contributed by atoms with Crippen molar-refractivity contribution < 1.29 is 34.2 Å². The molecule has 16 heteroatoms. The van der Waals surface area contributed by atoms with E-state index in [0.717, 1.165) is 0 Å². The Bertz CT molecular complexity index is 750. The molecule has 0 aliphatic carbocycles. The Morgan fingerprint density at radius 3 is 2.00 bits per heavy atom. The number of hydrogen-bond donors (Lipinski definition) is 9. The molecule has 0 rings (SSSR count). The number of nitrogens with one attached hydrogen (secondary N) is 3. The van der Waals surface area contributed by atoms with Gasteiger partial charge in [0.2, 0.25) is 17.7 Å². The van der Waals surface area contributed by atoms with Gasteiger partial charge in [-0.15, -0.1) is 0 Å². The standard InChI is InChI=1S/C18H33N7O7S2/c1-34-6-4-9(19)14(28)23-10(3-2-5-22-18(20)21)15(29)25-12(8-33)16(30)24-11(17(31)32)7-13(26)27/h9-12,33H,2-8,19H2,1H3,(H,23,28)(H,24,30)(H,25,29)(H,26,27)(H,31,32)(H4,20,21,22). The molecule has 14 nitrogen and oxygen atoms in total. The molecular formula is C18H33N7O7S2. The minimum absolute atomic E-state index is 0.112. The Balaban J connectivity index is 5.33. The smallest absolute Gasteiger partial charge is 0.326 e. The molecule has 0 aliphatic rings. The number of nitrogens with two attached hydrogens (primary N) is 3. The maximum atomic E-state index is 12.8. The number of thiol groups is 1. The number of aliphatic carboxylic acids is 2. The second-order valence-corrected chi connectivity index (χ2v) is 8.49. The molecule has 0 radical (unpaired) electrons. The number of guanidine groups is 1. The first kappa shape index (κ1) is 31.3. The van der Waals surface area contributed by atoms with E-state index < -0.39 is 60.2 Å². The SMILES string of the molecule is CSCCC(N)C(=O)NC(CCCN=C(N)N)C(=O)NC(CS)C(=O)NC(CC(=O)O)C(=O)O. The Morgan fingerprint density at radius 1 is 0.941 bits per heavy atom. The van der Waals surface area contributed by atoms with Crippen LogP contribution in [0.1, 0.15) is 25.7 Å². The second-order valence-electron chi connectivity index (χ2n) is 7.14. The summed E-state index contributed by atoms with van der Waals surface area (Å²) < 4.78 is 0. The lowest BCUT2D eigenvalue weighted by Gasteiger charge is -2.24. The first-order chi connectivity index (χ1) is 15.9. The van der Waals surface area contributed by atoms with Crippen LogP contribution < -0.4 is 33.2 Å². The Morgan fingerprint density at radius 2 is 1.50 bits per heavy atom. The van der Waals surface area contributed by atoms with Crippen molar-refractivity contribution in [1.29, 1.82) is 0 Å². The highest BCUT2D eigenvalue weighted by Gasteiger charge is 2.30. The van der Waals surface area contributed by atoms with Crippen LogP contribution in [0.15, 0.2) is 4.99 Å². The van der Waals surface area contributed by atoms with Crippen molar-refractivity contribution in [2.45, 2.75) is 49.9 Å². The summed E-state index contributed by atoms with van der Waals surface area (Å²) in [5, 5.41) is 24.9. The third kappa shape index (κ3) is 13.1. The first-order valence-corrected chi connectivity index (χ1v) is 12.2. The molecule has 194 valence electrons. The van der Waals surface area contributed by atoms with Crippen molar-refractivity contribution in [3.8, 4) is 0 Å². The molecule has 0 aromatic rings. The molecule has 0 spiro atoms. The molecule has 3 amide bonds. The van der Waals surface area contributed by atoms with E-state index in [-0.39, 0.29) is 24.7 Å². The molecule has 0 heterocycles. The van der Waals surface area contributed by atoms with Gasteiger partial charge in [-0.3, -0.25) is 24.2 Å². The van der Waals surface area contributed by atoms with Gasteiger partial charge in [0.05, 0.1) is 12.5 Å². The summed E-state index contributed by atoms with van der Waals surface area (Å²) >= 11 is 5.50. The van der Waals surface area contributed by atoms with Crippen LogP contribution in [0, 0.1) is 0 Å². The minimum atomic E-state index is -1.70. The van der Waals surface area contributed by atoms with Gasteiger partial charge in [0, 0.05) is 12.3 Å². The lowest BCUT2D eigenvalue weighted by atomic mass is 10.1. The van der Waals surface area contributed by atoms with Crippen LogP contribution in [0.25, 0.3) is 0 Å². The van der Waals surface area contributed by atoms with E-state index in [4.69, 9.17) is 27.4 Å². The molecular weight excluding hydrogens is 490 g/mol. The van der Waals surface area contributed by atoms with Crippen LogP contribution in [-0.2, 0) is 24.0 Å². The summed E-state index contributed by atoms with van der Waals surface area (Å²) in [5.74, 6) is -4.95. The number of amides is 3. The Hall–Kier alpha value is -2.72. The van der Waals surface area contributed by atoms with Gasteiger partial charge in [0.25, 0.3) is 0 Å². The monoisotopic (exact) mass is 523 g/mol. The number of carbonyl (C=O) groups excluding carboxylic acids is 3. The summed E-state index contributed by atoms with van der Waals surface area (Å²) in [4.78, 5) is 63.5. The van der Waals surface area contributed by atoms with Gasteiger partial charge in [-0.2, -0.15) is 24.4 Å². The number of nitrogens with zero attached hydrogens (tertiary/aromatic N) is 1. The maximum Gasteiger partial charge on any atom is 0.326 e. The van der Waals surface area contributed by atoms with Crippen LogP contribution in [-0.4, -0.2) is 94.3 Å². The van der Waals surface area contributed by atoms with Gasteiger partial charge in [-0.05, 0) is 31.3 Å². The number of carbonyl (C=O) groups is 5. The predicted molar refractivity (Wildman–Crippen MR) is 130 cm³/mol. The van der Waals surface area contributed by atoms with Crippen LogP contribution in [0.3, 0.4) is 0 Å². The molecule has 4 unspecified atom stereocenters. The zero-order valence-corrected chi connectivity index (χ0v) is 20.4. The predicted octanol–water partition coefficient (Wildman–Crippen LogP) is -2.94. The number of rotatable bonds is 17. The highest BCUT2D eigenvalue weighted by Crippen LogP contribution is 2.04. The molecule has 0 bridgehead atoms. The molecule has 0 saturated carbocycles. The molecule has 34 heavy (non-hydrogen) atoms. The van der Waals surface area contributed by atoms with Crippen molar-refractivity contribution in [2.24, 2.45) is 22.2 Å². The van der Waals surface area contributed by atoms with E-state index >= 15 is 0 Å². The van der Waals surface area contributed by atoms with E-state index in [1.54, 1.807) is 0 Å². The Kier molecular flexibility index (Phi) is 15.5. The number of carboxylic acids is 2. The van der Waals surface area contributed by atoms with Gasteiger partial charge < -0.3 is 43.4 Å². The summed E-state index contributed by atoms with van der Waals surface area (Å²) in [6.45, 7) is 0.187. The lowest BCUT2D eigenvalue weighted by Crippen LogP contribution is -2.57. The molecule has 0 saturated heterocycles. The summed E-state index contributed by atoms with van der Waals surface area (Å²) in [6, 6.07) is -4.94. The van der Waals surface area contributed by atoms with Crippen LogP contribution in [0.5, 0.6) is 0 Å². The van der Waals surface area contributed by atoms with Gasteiger partial charge in [-0.25, -0.2) is 4.79 Å². The average Bonchev–Trinajstić information content (AvgIpc) is 2.76. The highest BCUT2D eigenvalue weighted by molar-refractivity contribution is 7.98. The van der Waals surface area contributed by atoms with Crippen molar-refractivity contribution in [2.75, 3.05) is 24.3 Å². The van der Waals surface area contributed by atoms with Crippen molar-refractivity contribution >= 4 is 60.0 Å². The van der Waals surface area contributed by atoms with E-state index in [9.17, 15) is 24.0 Å². The molecule has 4 atom stereocenters. The zero-order chi connectivity index (χ0) is 26.3. The number of hydrogen-bond acceptors (Lipinski definition) is 9. The van der Waals surface area contributed by atoms with E-state index in [0.29, 0.717) is 18.6 Å². The summed E-state index contributed by atoms with van der Waals surface area (Å²) in [5.41, 5.74) is 16.4. The van der Waals surface area contributed by atoms with Crippen molar-refractivity contribution in [3.05, 3.63) is 0 Å². The van der Waals surface area contributed by atoms with Gasteiger partial charge in [0.1, 0.15) is 18.1 Å². The van der Waals surface area contributed by atoms with Crippen LogP contribution in [0.4, 0.5) is 0 Å². The van der Waals surface area contributed by atoms with Gasteiger partial charge in [0.15, 0.2) is 5.96 Å². The largest absolute Gasteiger partial charge is 0.481 e. The normalized spacial score (nSPS) is 14.1. The third-order valence-corrected chi connectivity index (χ3v) is 5.37. The third-order valence-electron chi connectivity index (χ3n) is 4.36. The first-order valence-electron chi connectivity index (χ1n) is 10.2. The average molecular weight is 524 g/mol. The van der Waals surface area contributed by atoms with Crippen molar-refractivity contribution in [1.82, 2.24) is 16.0 Å². The fraction of sp³-hybridized carbons (Fsp3) is 0.667. The highest BCUT2D eigenvalue weighted by atomic mass is 32.2. The number of thioether (sulfide) groups is 1. The van der Waals surface area contributed by atoms with E-state index in [1.807, 2.05) is 6.26 Å². The van der Waals surface area contributed by atoms with Crippen molar-refractivity contribution in [3.63, 3.8) is 0 Å². The van der Waals surface area contributed by atoms with Gasteiger partial charge in [-0.1, -0.05) is 0 Å². The van der Waals surface area contributed by atoms with Crippen LogP contribution in [0.2, 0.25) is 0 Å². The quantitative estimate of drug-likeness (QED) is 0.0403. The molecule has 11 N–H and O–H groups in total. The molecule has 0 fully saturated rings. The second kappa shape index (κ2) is 16.8. The number of carboxylic acid groups (broad SMARTS) is 2. The zero-order valence-electron chi connectivity index (χ0n) is 18.7. The van der Waals surface area contributed by atoms with Crippen LogP contribution >= 0.6 is 24.4 Å². The van der Waals surface area contributed by atoms with E-state index in [1.165, 1.54) is 11.8 Å². The Labute approximate surface area is 206 Å². The molecule has 0 aromatic carbocycles. The molecule has 0 aromatic heterocycles. The van der Waals surface area contributed by atoms with Gasteiger partial charge >= 0.3 is 11.9 Å². The van der Waals surface area contributed by atoms with E-state index in [2.05, 4.69) is 33.6 Å². The minimum Gasteiger partial charge on any atom is -0.481 e. The number of aliphatic imine (C=N–C) groups is 1.